The number of hydrogen-bond donors (Lipinski definition) is 3. The highest BCUT2D eigenvalue weighted by Crippen LogP contribution is 2.58. The Labute approximate surface area is 183 Å². The predicted octanol–water partition coefficient (Wildman–Crippen LogP) is 4.09. The van der Waals surface area contributed by atoms with E-state index in [1.807, 2.05) is 31.2 Å². The number of carbonyl (C=O) groups is 2. The van der Waals surface area contributed by atoms with Crippen LogP contribution in [0.25, 0.3) is 0 Å². The summed E-state index contributed by atoms with van der Waals surface area (Å²) in [5.41, 5.74) is 2.19. The highest BCUT2D eigenvalue weighted by atomic mass is 35.5. The lowest BCUT2D eigenvalue weighted by Gasteiger charge is -2.23. The molecule has 6 nitrogen and oxygen atoms in total. The molecule has 1 aliphatic heterocycles. The molecule has 0 radical (unpaired) electrons. The number of anilines is 2. The molecule has 160 valence electrons. The molecule has 1 spiro atoms. The summed E-state index contributed by atoms with van der Waals surface area (Å²) >= 11 is 0. The van der Waals surface area contributed by atoms with Gasteiger partial charge in [0.25, 0.3) is 5.91 Å². The van der Waals surface area contributed by atoms with Gasteiger partial charge in [0.1, 0.15) is 5.75 Å². The van der Waals surface area contributed by atoms with Crippen molar-refractivity contribution in [3.63, 3.8) is 0 Å². The minimum atomic E-state index is -0.192. The average molecular weight is 430 g/mol. The summed E-state index contributed by atoms with van der Waals surface area (Å²) in [7, 11) is 0. The number of carbonyl (C=O) groups excluding carboxylic acids is 2. The van der Waals surface area contributed by atoms with Gasteiger partial charge in [-0.1, -0.05) is 0 Å². The summed E-state index contributed by atoms with van der Waals surface area (Å²) in [6.45, 7) is 4.54. The molecule has 3 N–H and O–H groups in total. The fourth-order valence-electron chi connectivity index (χ4n) is 4.13. The number of amides is 2. The van der Waals surface area contributed by atoms with Gasteiger partial charge in [-0.05, 0) is 93.2 Å². The molecule has 0 aromatic heterocycles. The maximum atomic E-state index is 12.6. The van der Waals surface area contributed by atoms with Crippen LogP contribution in [0.3, 0.4) is 0 Å². The third-order valence-corrected chi connectivity index (χ3v) is 5.94. The summed E-state index contributed by atoms with van der Waals surface area (Å²) in [5.74, 6) is 0.793. The van der Waals surface area contributed by atoms with Crippen LogP contribution in [0.2, 0.25) is 0 Å². The van der Waals surface area contributed by atoms with Gasteiger partial charge in [-0.2, -0.15) is 0 Å². The van der Waals surface area contributed by atoms with Crippen LogP contribution >= 0.6 is 12.4 Å². The van der Waals surface area contributed by atoms with Crippen molar-refractivity contribution in [2.75, 3.05) is 30.3 Å². The Morgan fingerprint density at radius 3 is 2.23 bits per heavy atom. The number of ether oxygens (including phenoxy) is 1. The number of halogens is 1. The Hall–Kier alpha value is -2.57. The van der Waals surface area contributed by atoms with Gasteiger partial charge in [-0.25, -0.2) is 0 Å². The van der Waals surface area contributed by atoms with E-state index in [1.54, 1.807) is 24.3 Å². The molecule has 0 bridgehead atoms. The Bertz CT molecular complexity index is 878. The van der Waals surface area contributed by atoms with Crippen LogP contribution < -0.4 is 20.7 Å². The Morgan fingerprint density at radius 2 is 1.60 bits per heavy atom. The fourth-order valence-corrected chi connectivity index (χ4v) is 4.13. The van der Waals surface area contributed by atoms with E-state index in [9.17, 15) is 9.59 Å². The van der Waals surface area contributed by atoms with Crippen molar-refractivity contribution in [1.29, 1.82) is 0 Å². The maximum Gasteiger partial charge on any atom is 0.255 e. The third-order valence-electron chi connectivity index (χ3n) is 5.94. The summed E-state index contributed by atoms with van der Waals surface area (Å²) in [6, 6.07) is 14.3. The summed E-state index contributed by atoms with van der Waals surface area (Å²) in [6.07, 6.45) is 3.15. The fraction of sp³-hybridized carbons (Fsp3) is 0.391. The zero-order chi connectivity index (χ0) is 20.3. The van der Waals surface area contributed by atoms with Gasteiger partial charge in [0.05, 0.1) is 6.61 Å². The molecule has 1 saturated carbocycles. The van der Waals surface area contributed by atoms with Gasteiger partial charge in [0.15, 0.2) is 0 Å². The molecule has 7 heteroatoms. The second-order valence-electron chi connectivity index (χ2n) is 7.85. The number of piperidine rings is 1. The summed E-state index contributed by atoms with van der Waals surface area (Å²) in [5, 5.41) is 9.23. The average Bonchev–Trinajstić information content (AvgIpc) is 3.43. The molecular weight excluding hydrogens is 402 g/mol. The molecule has 2 aromatic carbocycles. The molecule has 4 rings (SSSR count). The smallest absolute Gasteiger partial charge is 0.255 e. The molecule has 2 aliphatic rings. The van der Waals surface area contributed by atoms with Gasteiger partial charge >= 0.3 is 0 Å². The zero-order valence-electron chi connectivity index (χ0n) is 17.1. The van der Waals surface area contributed by atoms with Crippen LogP contribution in [0.4, 0.5) is 11.4 Å². The van der Waals surface area contributed by atoms with Crippen LogP contribution in [-0.4, -0.2) is 31.5 Å². The molecule has 1 unspecified atom stereocenters. The van der Waals surface area contributed by atoms with Gasteiger partial charge in [-0.15, -0.1) is 12.4 Å². The molecular formula is C23H28ClN3O3. The third kappa shape index (κ3) is 4.94. The highest BCUT2D eigenvalue weighted by molar-refractivity contribution is 6.04. The highest BCUT2D eigenvalue weighted by Gasteiger charge is 2.57. The summed E-state index contributed by atoms with van der Waals surface area (Å²) < 4.78 is 5.40. The van der Waals surface area contributed by atoms with Crippen molar-refractivity contribution in [1.82, 2.24) is 5.32 Å². The van der Waals surface area contributed by atoms with Crippen LogP contribution in [-0.2, 0) is 4.79 Å². The van der Waals surface area contributed by atoms with Crippen molar-refractivity contribution in [3.8, 4) is 5.75 Å². The van der Waals surface area contributed by atoms with E-state index in [0.717, 1.165) is 43.8 Å². The van der Waals surface area contributed by atoms with Crippen molar-refractivity contribution in [2.45, 2.75) is 26.2 Å². The predicted molar refractivity (Wildman–Crippen MR) is 121 cm³/mol. The lowest BCUT2D eigenvalue weighted by atomic mass is 9.92. The van der Waals surface area contributed by atoms with E-state index in [-0.39, 0.29) is 35.6 Å². The number of benzene rings is 2. The first kappa shape index (κ1) is 22.1. The lowest BCUT2D eigenvalue weighted by Crippen LogP contribution is -2.31. The van der Waals surface area contributed by atoms with E-state index in [4.69, 9.17) is 4.74 Å². The standard InChI is InChI=1S/C23H27N3O3.ClH/c1-2-29-19-9-7-18(8-10-19)25-21(27)16-3-5-17(6-4-16)26-22(28)20-15-23(20)11-13-24-14-12-23;/h3-10,20,24H,2,11-15H2,1H3,(H,25,27)(H,26,28);1H. The molecule has 1 saturated heterocycles. The molecule has 30 heavy (non-hydrogen) atoms. The molecule has 2 amide bonds. The first-order valence-corrected chi connectivity index (χ1v) is 10.3. The Balaban J connectivity index is 0.00000256. The van der Waals surface area contributed by atoms with Crippen LogP contribution in [0.5, 0.6) is 5.75 Å². The van der Waals surface area contributed by atoms with Gasteiger partial charge in [0, 0.05) is 22.9 Å². The van der Waals surface area contributed by atoms with Crippen molar-refractivity contribution < 1.29 is 14.3 Å². The van der Waals surface area contributed by atoms with Crippen LogP contribution in [0.1, 0.15) is 36.5 Å². The minimum Gasteiger partial charge on any atom is -0.494 e. The normalized spacial score (nSPS) is 18.8. The van der Waals surface area contributed by atoms with Crippen molar-refractivity contribution in [3.05, 3.63) is 54.1 Å². The molecule has 1 atom stereocenters. The Morgan fingerprint density at radius 1 is 1.00 bits per heavy atom. The first-order chi connectivity index (χ1) is 14.1. The van der Waals surface area contributed by atoms with E-state index in [1.165, 1.54) is 0 Å². The number of hydrogen-bond acceptors (Lipinski definition) is 4. The van der Waals surface area contributed by atoms with Crippen LogP contribution in [0, 0.1) is 11.3 Å². The second kappa shape index (κ2) is 9.49. The SMILES string of the molecule is CCOc1ccc(NC(=O)c2ccc(NC(=O)C3CC34CCNCC4)cc2)cc1.Cl. The van der Waals surface area contributed by atoms with E-state index >= 15 is 0 Å². The first-order valence-electron chi connectivity index (χ1n) is 10.3. The largest absolute Gasteiger partial charge is 0.494 e. The zero-order valence-corrected chi connectivity index (χ0v) is 17.9. The molecule has 1 heterocycles. The van der Waals surface area contributed by atoms with Gasteiger partial charge in [-0.3, -0.25) is 9.59 Å². The monoisotopic (exact) mass is 429 g/mol. The Kier molecular flexibility index (Phi) is 7.00. The number of rotatable bonds is 6. The number of nitrogens with one attached hydrogen (secondary N) is 3. The lowest BCUT2D eigenvalue weighted by molar-refractivity contribution is -0.118. The van der Waals surface area contributed by atoms with Crippen LogP contribution in [0.15, 0.2) is 48.5 Å². The molecule has 2 fully saturated rings. The summed E-state index contributed by atoms with van der Waals surface area (Å²) in [4.78, 5) is 25.0. The van der Waals surface area contributed by atoms with Gasteiger partial charge in [0.2, 0.25) is 5.91 Å². The van der Waals surface area contributed by atoms with Crippen molar-refractivity contribution in [2.24, 2.45) is 11.3 Å². The topological polar surface area (TPSA) is 79.5 Å². The second-order valence-corrected chi connectivity index (χ2v) is 7.85. The minimum absolute atomic E-state index is 0. The van der Waals surface area contributed by atoms with E-state index < -0.39 is 0 Å². The molecule has 1 aliphatic carbocycles. The van der Waals surface area contributed by atoms with Gasteiger partial charge < -0.3 is 20.7 Å². The quantitative estimate of drug-likeness (QED) is 0.646. The van der Waals surface area contributed by atoms with E-state index in [0.29, 0.717) is 17.9 Å². The molecule has 2 aromatic rings. The van der Waals surface area contributed by atoms with Crippen molar-refractivity contribution >= 4 is 35.6 Å². The maximum absolute atomic E-state index is 12.6. The van der Waals surface area contributed by atoms with E-state index in [2.05, 4.69) is 16.0 Å².